The van der Waals surface area contributed by atoms with Gasteiger partial charge in [0.1, 0.15) is 5.84 Å². The van der Waals surface area contributed by atoms with Crippen molar-refractivity contribution in [3.05, 3.63) is 71.0 Å². The Labute approximate surface area is 117 Å². The fourth-order valence-corrected chi connectivity index (χ4v) is 3.64. The molecule has 0 aromatic heterocycles. The van der Waals surface area contributed by atoms with Crippen molar-refractivity contribution in [2.45, 2.75) is 6.92 Å². The van der Waals surface area contributed by atoms with E-state index in [0.717, 1.165) is 17.2 Å². The highest BCUT2D eigenvalue weighted by Gasteiger charge is 2.39. The second-order valence-corrected chi connectivity index (χ2v) is 5.51. The Balaban J connectivity index is 1.87. The highest BCUT2D eigenvalue weighted by Crippen LogP contribution is 2.51. The molecule has 1 aromatic rings. The van der Waals surface area contributed by atoms with E-state index in [1.165, 1.54) is 27.8 Å². The van der Waals surface area contributed by atoms with Crippen molar-refractivity contribution in [3.63, 3.8) is 0 Å². The van der Waals surface area contributed by atoms with Crippen LogP contribution in [0.2, 0.25) is 0 Å². The molecular formula is C18H12N2. The maximum absolute atomic E-state index is 4.62. The second-order valence-electron chi connectivity index (χ2n) is 5.51. The van der Waals surface area contributed by atoms with Gasteiger partial charge in [-0.2, -0.15) is 0 Å². The number of benzene rings is 1. The van der Waals surface area contributed by atoms with E-state index in [0.29, 0.717) is 0 Å². The van der Waals surface area contributed by atoms with Gasteiger partial charge in [-0.15, -0.1) is 0 Å². The summed E-state index contributed by atoms with van der Waals surface area (Å²) in [4.78, 5) is 9.25. The number of hydrogen-bond donors (Lipinski definition) is 0. The van der Waals surface area contributed by atoms with Crippen LogP contribution in [0.1, 0.15) is 18.1 Å². The molecular weight excluding hydrogens is 244 g/mol. The smallest absolute Gasteiger partial charge is 0.125 e. The predicted octanol–water partition coefficient (Wildman–Crippen LogP) is 3.79. The van der Waals surface area contributed by atoms with Gasteiger partial charge in [0.25, 0.3) is 0 Å². The molecule has 0 spiro atoms. The lowest BCUT2D eigenvalue weighted by molar-refractivity contribution is 0.934. The van der Waals surface area contributed by atoms with E-state index in [4.69, 9.17) is 0 Å². The van der Waals surface area contributed by atoms with Crippen LogP contribution >= 0.6 is 0 Å². The van der Waals surface area contributed by atoms with Crippen LogP contribution in [0.4, 0.5) is 0 Å². The lowest BCUT2D eigenvalue weighted by Crippen LogP contribution is -2.25. The molecule has 5 rings (SSSR count). The number of allylic oxidation sites excluding steroid dienone is 7. The molecule has 1 aliphatic heterocycles. The molecule has 1 atom stereocenters. The van der Waals surface area contributed by atoms with Gasteiger partial charge in [0, 0.05) is 0 Å². The van der Waals surface area contributed by atoms with Crippen molar-refractivity contribution in [3.8, 4) is 0 Å². The average Bonchev–Trinajstić information content (AvgIpc) is 2.80. The third-order valence-corrected chi connectivity index (χ3v) is 4.39. The molecule has 1 heterocycles. The van der Waals surface area contributed by atoms with Gasteiger partial charge in [-0.25, -0.2) is 9.98 Å². The molecule has 0 radical (unpaired) electrons. The lowest BCUT2D eigenvalue weighted by atomic mass is 9.78. The highest BCUT2D eigenvalue weighted by molar-refractivity contribution is 6.19. The van der Waals surface area contributed by atoms with Gasteiger partial charge in [-0.1, -0.05) is 36.4 Å². The van der Waals surface area contributed by atoms with Crippen molar-refractivity contribution < 1.29 is 0 Å². The zero-order chi connectivity index (χ0) is 13.3. The van der Waals surface area contributed by atoms with Crippen molar-refractivity contribution in [2.24, 2.45) is 15.9 Å². The number of nitrogens with zero attached hydrogens (tertiary/aromatic N) is 2. The summed E-state index contributed by atoms with van der Waals surface area (Å²) in [5.74, 6) is 1.08. The molecule has 3 aliphatic carbocycles. The number of hydrogen-bond acceptors (Lipinski definition) is 2. The normalized spacial score (nSPS) is 24.6. The molecule has 1 unspecified atom stereocenters. The average molecular weight is 256 g/mol. The third kappa shape index (κ3) is 1.10. The van der Waals surface area contributed by atoms with E-state index in [-0.39, 0.29) is 5.92 Å². The van der Waals surface area contributed by atoms with Crippen LogP contribution in [0.15, 0.2) is 69.8 Å². The first-order chi connectivity index (χ1) is 9.83. The summed E-state index contributed by atoms with van der Waals surface area (Å²) in [6.45, 7) is 1.96. The summed E-state index contributed by atoms with van der Waals surface area (Å²) in [7, 11) is 0. The first-order valence-electron chi connectivity index (χ1n) is 6.91. The third-order valence-electron chi connectivity index (χ3n) is 4.39. The Morgan fingerprint density at radius 2 is 1.80 bits per heavy atom. The summed E-state index contributed by atoms with van der Waals surface area (Å²) in [5, 5.41) is 0. The Hall–Kier alpha value is -2.48. The number of rotatable bonds is 0. The quantitative estimate of drug-likeness (QED) is 0.674. The Bertz CT molecular complexity index is 857. The topological polar surface area (TPSA) is 24.7 Å². The molecule has 0 amide bonds. The zero-order valence-electron chi connectivity index (χ0n) is 11.1. The monoisotopic (exact) mass is 256 g/mol. The van der Waals surface area contributed by atoms with Crippen LogP contribution in [-0.2, 0) is 0 Å². The second kappa shape index (κ2) is 3.34. The minimum atomic E-state index is 0.228. The number of aliphatic imine (C=N–C) groups is 2. The molecule has 0 bridgehead atoms. The van der Waals surface area contributed by atoms with E-state index in [1.54, 1.807) is 0 Å². The molecule has 2 heteroatoms. The van der Waals surface area contributed by atoms with Gasteiger partial charge in [-0.05, 0) is 46.9 Å². The van der Waals surface area contributed by atoms with Gasteiger partial charge in [0.2, 0.25) is 0 Å². The SMILES string of the molecule is CC1=NC2=CC=C3C4=C(C=CC(=N1)C24)c1ccccc13. The van der Waals surface area contributed by atoms with Crippen LogP contribution < -0.4 is 0 Å². The lowest BCUT2D eigenvalue weighted by Gasteiger charge is -2.29. The van der Waals surface area contributed by atoms with Crippen molar-refractivity contribution >= 4 is 22.7 Å². The first-order valence-corrected chi connectivity index (χ1v) is 6.91. The molecule has 20 heavy (non-hydrogen) atoms. The fraction of sp³-hybridized carbons (Fsp3) is 0.111. The fourth-order valence-electron chi connectivity index (χ4n) is 3.64. The van der Waals surface area contributed by atoms with E-state index < -0.39 is 0 Å². The van der Waals surface area contributed by atoms with Gasteiger partial charge in [0.05, 0.1) is 17.3 Å². The number of amidine groups is 1. The molecule has 1 aromatic carbocycles. The number of fused-ring (bicyclic) bond motifs is 3. The van der Waals surface area contributed by atoms with E-state index >= 15 is 0 Å². The molecule has 0 N–H and O–H groups in total. The standard InChI is InChI=1S/C18H12N2/c1-10-19-15-8-6-13-11-4-2-3-5-12(11)14-7-9-16(20-10)18(15)17(13)14/h2-9,18H,1H3. The maximum Gasteiger partial charge on any atom is 0.125 e. The van der Waals surface area contributed by atoms with Crippen LogP contribution in [0.3, 0.4) is 0 Å². The van der Waals surface area contributed by atoms with Crippen LogP contribution in [-0.4, -0.2) is 11.5 Å². The summed E-state index contributed by atoms with van der Waals surface area (Å²) in [6.07, 6.45) is 8.74. The van der Waals surface area contributed by atoms with Crippen LogP contribution in [0, 0.1) is 5.92 Å². The van der Waals surface area contributed by atoms with Crippen LogP contribution in [0.25, 0.3) is 11.1 Å². The molecule has 94 valence electrons. The minimum absolute atomic E-state index is 0.228. The Kier molecular flexibility index (Phi) is 1.72. The largest absolute Gasteiger partial charge is 0.237 e. The summed E-state index contributed by atoms with van der Waals surface area (Å²) in [5.41, 5.74) is 9.00. The molecule has 2 nitrogen and oxygen atoms in total. The predicted molar refractivity (Wildman–Crippen MR) is 82.6 cm³/mol. The van der Waals surface area contributed by atoms with Gasteiger partial charge >= 0.3 is 0 Å². The van der Waals surface area contributed by atoms with E-state index in [9.17, 15) is 0 Å². The minimum Gasteiger partial charge on any atom is -0.237 e. The summed E-state index contributed by atoms with van der Waals surface area (Å²) >= 11 is 0. The molecule has 4 aliphatic rings. The summed E-state index contributed by atoms with van der Waals surface area (Å²) in [6, 6.07) is 8.64. The van der Waals surface area contributed by atoms with Crippen molar-refractivity contribution in [2.75, 3.05) is 0 Å². The molecule has 0 saturated carbocycles. The Morgan fingerprint density at radius 1 is 0.950 bits per heavy atom. The van der Waals surface area contributed by atoms with Gasteiger partial charge in [-0.3, -0.25) is 0 Å². The first kappa shape index (κ1) is 10.3. The van der Waals surface area contributed by atoms with E-state index in [2.05, 4.69) is 58.6 Å². The Morgan fingerprint density at radius 3 is 2.70 bits per heavy atom. The molecule has 0 fully saturated rings. The van der Waals surface area contributed by atoms with Crippen LogP contribution in [0.5, 0.6) is 0 Å². The zero-order valence-corrected chi connectivity index (χ0v) is 11.1. The summed E-state index contributed by atoms with van der Waals surface area (Å²) < 4.78 is 0. The maximum atomic E-state index is 4.62. The highest BCUT2D eigenvalue weighted by atomic mass is 15.0. The van der Waals surface area contributed by atoms with E-state index in [1.807, 2.05) is 6.92 Å². The molecule has 0 saturated heterocycles. The van der Waals surface area contributed by atoms with Gasteiger partial charge < -0.3 is 0 Å². The van der Waals surface area contributed by atoms with Gasteiger partial charge in [0.15, 0.2) is 0 Å². The van der Waals surface area contributed by atoms with Crippen molar-refractivity contribution in [1.82, 2.24) is 0 Å². The van der Waals surface area contributed by atoms with Crippen molar-refractivity contribution in [1.29, 1.82) is 0 Å².